The van der Waals surface area contributed by atoms with Gasteiger partial charge in [0.1, 0.15) is 5.75 Å². The van der Waals surface area contributed by atoms with Crippen molar-refractivity contribution < 1.29 is 38.9 Å². The van der Waals surface area contributed by atoms with Crippen molar-refractivity contribution in [2.75, 3.05) is 38.7 Å². The van der Waals surface area contributed by atoms with Crippen LogP contribution in [-0.4, -0.2) is 83.4 Å². The summed E-state index contributed by atoms with van der Waals surface area (Å²) in [6, 6.07) is 6.66. The van der Waals surface area contributed by atoms with Crippen molar-refractivity contribution in [1.82, 2.24) is 15.2 Å². The zero-order valence-electron chi connectivity index (χ0n) is 23.4. The summed E-state index contributed by atoms with van der Waals surface area (Å²) in [6.07, 6.45) is 8.46. The molecule has 12 nitrogen and oxygen atoms in total. The summed E-state index contributed by atoms with van der Waals surface area (Å²) in [5.41, 5.74) is 1.40. The number of aromatic nitrogens is 1. The first kappa shape index (κ1) is 32.3. The number of piperidine rings is 1. The first-order chi connectivity index (χ1) is 19.2. The van der Waals surface area contributed by atoms with Gasteiger partial charge in [-0.1, -0.05) is 32.6 Å². The zero-order chi connectivity index (χ0) is 29.5. The highest BCUT2D eigenvalue weighted by molar-refractivity contribution is 6.27. The van der Waals surface area contributed by atoms with E-state index in [1.165, 1.54) is 25.7 Å². The number of carboxylic acids is 2. The molecule has 0 aliphatic carbocycles. The summed E-state index contributed by atoms with van der Waals surface area (Å²) >= 11 is 0. The molecule has 220 valence electrons. The number of nitrogens with zero attached hydrogens (tertiary/aromatic N) is 2. The van der Waals surface area contributed by atoms with Crippen molar-refractivity contribution >= 4 is 40.5 Å². The number of hydrogen-bond acceptors (Lipinski definition) is 8. The average molecular weight is 561 g/mol. The quantitative estimate of drug-likeness (QED) is 0.180. The SMILES string of the molecule is CCCCCCCN1CCC(NC(=O)Nc2ccnc3ccc(OC)cc23)C(C(=O)OCC)C1.O=C(O)C(=O)O. The summed E-state index contributed by atoms with van der Waals surface area (Å²) in [4.78, 5) is 50.5. The average Bonchev–Trinajstić information content (AvgIpc) is 2.94. The Morgan fingerprint density at radius 1 is 1.05 bits per heavy atom. The van der Waals surface area contributed by atoms with E-state index in [1.54, 1.807) is 19.4 Å². The number of benzene rings is 1. The van der Waals surface area contributed by atoms with Crippen LogP contribution in [0.25, 0.3) is 10.9 Å². The van der Waals surface area contributed by atoms with E-state index in [0.717, 1.165) is 30.4 Å². The summed E-state index contributed by atoms with van der Waals surface area (Å²) in [7, 11) is 1.60. The predicted octanol–water partition coefficient (Wildman–Crippen LogP) is 3.74. The zero-order valence-corrected chi connectivity index (χ0v) is 23.4. The Balaban J connectivity index is 0.000000840. The maximum Gasteiger partial charge on any atom is 0.414 e. The molecule has 1 saturated heterocycles. The van der Waals surface area contributed by atoms with Crippen molar-refractivity contribution in [1.29, 1.82) is 0 Å². The van der Waals surface area contributed by atoms with Gasteiger partial charge >= 0.3 is 23.9 Å². The maximum atomic E-state index is 12.9. The smallest absolute Gasteiger partial charge is 0.414 e. The molecule has 40 heavy (non-hydrogen) atoms. The Labute approximate surface area is 234 Å². The highest BCUT2D eigenvalue weighted by atomic mass is 16.5. The van der Waals surface area contributed by atoms with Crippen LogP contribution in [0.2, 0.25) is 0 Å². The van der Waals surface area contributed by atoms with E-state index in [-0.39, 0.29) is 24.0 Å². The predicted molar refractivity (Wildman–Crippen MR) is 149 cm³/mol. The second-order valence-corrected chi connectivity index (χ2v) is 9.42. The highest BCUT2D eigenvalue weighted by Gasteiger charge is 2.36. The molecule has 1 fully saturated rings. The third-order valence-electron chi connectivity index (χ3n) is 6.56. The number of amides is 2. The molecule has 0 saturated carbocycles. The van der Waals surface area contributed by atoms with E-state index >= 15 is 0 Å². The van der Waals surface area contributed by atoms with Crippen LogP contribution in [0.3, 0.4) is 0 Å². The van der Waals surface area contributed by atoms with E-state index < -0.39 is 11.9 Å². The summed E-state index contributed by atoms with van der Waals surface area (Å²) in [6.45, 7) is 6.78. The third kappa shape index (κ3) is 10.3. The molecule has 3 rings (SSSR count). The number of carbonyl (C=O) groups is 4. The molecule has 2 aromatic rings. The Kier molecular flexibility index (Phi) is 13.6. The first-order valence-corrected chi connectivity index (χ1v) is 13.6. The van der Waals surface area contributed by atoms with E-state index in [4.69, 9.17) is 29.3 Å². The minimum atomic E-state index is -1.82. The van der Waals surface area contributed by atoms with Gasteiger partial charge in [-0.3, -0.25) is 9.78 Å². The van der Waals surface area contributed by atoms with Crippen molar-refractivity contribution in [3.63, 3.8) is 0 Å². The molecular weight excluding hydrogens is 520 g/mol. The van der Waals surface area contributed by atoms with Crippen LogP contribution in [0.4, 0.5) is 10.5 Å². The third-order valence-corrected chi connectivity index (χ3v) is 6.56. The summed E-state index contributed by atoms with van der Waals surface area (Å²) in [5.74, 6) is -3.59. The number of anilines is 1. The number of likely N-dealkylation sites (tertiary alicyclic amines) is 1. The number of esters is 1. The molecule has 0 spiro atoms. The van der Waals surface area contributed by atoms with E-state index in [9.17, 15) is 9.59 Å². The van der Waals surface area contributed by atoms with Gasteiger partial charge in [0, 0.05) is 30.7 Å². The van der Waals surface area contributed by atoms with E-state index in [1.807, 2.05) is 25.1 Å². The van der Waals surface area contributed by atoms with Gasteiger partial charge in [-0.15, -0.1) is 0 Å². The van der Waals surface area contributed by atoms with Crippen LogP contribution in [0, 0.1) is 5.92 Å². The second-order valence-electron chi connectivity index (χ2n) is 9.42. The number of aliphatic carboxylic acids is 2. The molecule has 2 atom stereocenters. The fourth-order valence-corrected chi connectivity index (χ4v) is 4.51. The number of hydrogen-bond donors (Lipinski definition) is 4. The van der Waals surface area contributed by atoms with Gasteiger partial charge < -0.3 is 35.2 Å². The monoisotopic (exact) mass is 560 g/mol. The lowest BCUT2D eigenvalue weighted by molar-refractivity contribution is -0.159. The number of fused-ring (bicyclic) bond motifs is 1. The lowest BCUT2D eigenvalue weighted by atomic mass is 9.92. The molecule has 0 radical (unpaired) electrons. The standard InChI is InChI=1S/C26H38N4O4.C2H2O4/c1-4-6-7-8-9-15-30-16-13-24(21(18-30)25(31)34-5-2)29-26(32)28-23-12-14-27-22-11-10-19(33-3)17-20(22)23;3-1(4)2(5)6/h10-12,14,17,21,24H,4-9,13,15-16,18H2,1-3H3,(H2,27,28,29,32);(H,3,4)(H,5,6). The summed E-state index contributed by atoms with van der Waals surface area (Å²) < 4.78 is 10.7. The minimum Gasteiger partial charge on any atom is -0.497 e. The van der Waals surface area contributed by atoms with Crippen LogP contribution >= 0.6 is 0 Å². The number of unbranched alkanes of at least 4 members (excludes halogenated alkanes) is 4. The van der Waals surface area contributed by atoms with E-state index in [0.29, 0.717) is 31.0 Å². The molecule has 1 aliphatic rings. The number of ether oxygens (including phenoxy) is 2. The molecular formula is C28H40N4O8. The number of pyridine rings is 1. The fourth-order valence-electron chi connectivity index (χ4n) is 4.51. The maximum absolute atomic E-state index is 12.9. The van der Waals surface area contributed by atoms with Crippen molar-refractivity contribution in [2.24, 2.45) is 5.92 Å². The molecule has 1 aromatic carbocycles. The Hall–Kier alpha value is -3.93. The number of rotatable bonds is 11. The van der Waals surface area contributed by atoms with Crippen LogP contribution in [-0.2, 0) is 19.1 Å². The number of nitrogens with one attached hydrogen (secondary N) is 2. The largest absolute Gasteiger partial charge is 0.497 e. The van der Waals surface area contributed by atoms with Gasteiger partial charge in [-0.25, -0.2) is 14.4 Å². The van der Waals surface area contributed by atoms with Gasteiger partial charge in [0.25, 0.3) is 0 Å². The van der Waals surface area contributed by atoms with E-state index in [2.05, 4.69) is 27.4 Å². The minimum absolute atomic E-state index is 0.248. The topological polar surface area (TPSA) is 167 Å². The van der Waals surface area contributed by atoms with Gasteiger partial charge in [-0.2, -0.15) is 0 Å². The van der Waals surface area contributed by atoms with Gasteiger partial charge in [0.05, 0.1) is 30.8 Å². The Morgan fingerprint density at radius 3 is 2.42 bits per heavy atom. The normalized spacial score (nSPS) is 16.8. The van der Waals surface area contributed by atoms with Gasteiger partial charge in [-0.05, 0) is 50.6 Å². The molecule has 12 heteroatoms. The van der Waals surface area contributed by atoms with Crippen LogP contribution in [0.1, 0.15) is 52.4 Å². The molecule has 1 aliphatic heterocycles. The molecule has 2 unspecified atom stereocenters. The van der Waals surface area contributed by atoms with Crippen molar-refractivity contribution in [3.8, 4) is 5.75 Å². The van der Waals surface area contributed by atoms with Crippen molar-refractivity contribution in [2.45, 2.75) is 58.4 Å². The van der Waals surface area contributed by atoms with Crippen LogP contribution in [0.5, 0.6) is 5.75 Å². The lowest BCUT2D eigenvalue weighted by Crippen LogP contribution is -2.54. The lowest BCUT2D eigenvalue weighted by Gasteiger charge is -2.37. The fraction of sp³-hybridized carbons (Fsp3) is 0.536. The molecule has 4 N–H and O–H groups in total. The molecule has 2 heterocycles. The number of carboxylic acid groups (broad SMARTS) is 2. The second kappa shape index (κ2) is 16.9. The number of urea groups is 1. The first-order valence-electron chi connectivity index (χ1n) is 13.6. The highest BCUT2D eigenvalue weighted by Crippen LogP contribution is 2.26. The Morgan fingerprint density at radius 2 is 1.77 bits per heavy atom. The number of methoxy groups -OCH3 is 1. The van der Waals surface area contributed by atoms with Crippen LogP contribution < -0.4 is 15.4 Å². The molecule has 0 bridgehead atoms. The van der Waals surface area contributed by atoms with Gasteiger partial charge in [0.15, 0.2) is 0 Å². The molecule has 1 aromatic heterocycles. The molecule has 2 amide bonds. The van der Waals surface area contributed by atoms with Crippen molar-refractivity contribution in [3.05, 3.63) is 30.5 Å². The van der Waals surface area contributed by atoms with Gasteiger partial charge in [0.2, 0.25) is 0 Å². The Bertz CT molecular complexity index is 1130. The number of carbonyl (C=O) groups excluding carboxylic acids is 2. The van der Waals surface area contributed by atoms with Crippen LogP contribution in [0.15, 0.2) is 30.5 Å². The summed E-state index contributed by atoms with van der Waals surface area (Å²) in [5, 5.41) is 21.5.